The van der Waals surface area contributed by atoms with Crippen LogP contribution < -0.4 is 5.32 Å². The summed E-state index contributed by atoms with van der Waals surface area (Å²) in [7, 11) is 0. The lowest BCUT2D eigenvalue weighted by Gasteiger charge is -2.25. The molecule has 0 radical (unpaired) electrons. The average Bonchev–Trinajstić information content (AvgIpc) is 3.22. The second-order valence-electron chi connectivity index (χ2n) is 5.75. The van der Waals surface area contributed by atoms with Gasteiger partial charge in [0.15, 0.2) is 0 Å². The highest BCUT2D eigenvalue weighted by Crippen LogP contribution is 2.19. The maximum absolute atomic E-state index is 12.7. The number of hydrogen-bond donors (Lipinski definition) is 1. The second-order valence-corrected chi connectivity index (χ2v) is 7.72. The summed E-state index contributed by atoms with van der Waals surface area (Å²) in [6.07, 6.45) is 1.67. The zero-order valence-electron chi connectivity index (χ0n) is 12.7. The number of thiazole rings is 1. The van der Waals surface area contributed by atoms with E-state index >= 15 is 0 Å². The van der Waals surface area contributed by atoms with E-state index in [2.05, 4.69) is 10.3 Å². The van der Waals surface area contributed by atoms with E-state index in [0.29, 0.717) is 18.9 Å². The van der Waals surface area contributed by atoms with Crippen molar-refractivity contribution in [1.82, 2.24) is 15.2 Å². The van der Waals surface area contributed by atoms with Crippen molar-refractivity contribution >= 4 is 28.6 Å². The van der Waals surface area contributed by atoms with Crippen LogP contribution in [-0.2, 0) is 17.8 Å². The van der Waals surface area contributed by atoms with E-state index in [1.165, 1.54) is 4.88 Å². The van der Waals surface area contributed by atoms with Crippen LogP contribution in [0.2, 0.25) is 0 Å². The predicted molar refractivity (Wildman–Crippen MR) is 91.3 cm³/mol. The minimum absolute atomic E-state index is 0.224. The Morgan fingerprint density at radius 2 is 2.41 bits per heavy atom. The molecule has 1 fully saturated rings. The number of rotatable bonds is 6. The quantitative estimate of drug-likeness (QED) is 0.883. The number of nitrogens with zero attached hydrogens (tertiary/aromatic N) is 2. The number of nitrogens with one attached hydrogen (secondary N) is 1. The van der Waals surface area contributed by atoms with E-state index in [1.54, 1.807) is 22.7 Å². The molecule has 1 atom stereocenters. The van der Waals surface area contributed by atoms with Crippen LogP contribution in [0.4, 0.5) is 0 Å². The van der Waals surface area contributed by atoms with Crippen LogP contribution in [0.3, 0.4) is 0 Å². The monoisotopic (exact) mass is 335 g/mol. The highest BCUT2D eigenvalue weighted by Gasteiger charge is 2.23. The lowest BCUT2D eigenvalue weighted by atomic mass is 10.1. The highest BCUT2D eigenvalue weighted by molar-refractivity contribution is 7.10. The van der Waals surface area contributed by atoms with Crippen molar-refractivity contribution in [2.24, 2.45) is 5.92 Å². The predicted octanol–water partition coefficient (Wildman–Crippen LogP) is 2.69. The third-order valence-corrected chi connectivity index (χ3v) is 5.87. The van der Waals surface area contributed by atoms with Crippen LogP contribution in [-0.4, -0.2) is 35.4 Å². The van der Waals surface area contributed by atoms with Crippen molar-refractivity contribution in [1.29, 1.82) is 0 Å². The molecule has 1 saturated heterocycles. The Morgan fingerprint density at radius 3 is 3.05 bits per heavy atom. The van der Waals surface area contributed by atoms with Crippen molar-refractivity contribution in [2.45, 2.75) is 26.3 Å². The fourth-order valence-electron chi connectivity index (χ4n) is 2.76. The molecule has 0 spiro atoms. The molecule has 0 bridgehead atoms. The molecule has 0 saturated carbocycles. The normalized spacial score (nSPS) is 17.8. The Morgan fingerprint density at radius 1 is 1.50 bits per heavy atom. The van der Waals surface area contributed by atoms with E-state index in [1.807, 2.05) is 34.8 Å². The molecule has 3 rings (SSSR count). The molecule has 1 N–H and O–H groups in total. The number of hydrogen-bond acceptors (Lipinski definition) is 5. The first-order valence-electron chi connectivity index (χ1n) is 7.62. The summed E-state index contributed by atoms with van der Waals surface area (Å²) < 4.78 is 0. The second kappa shape index (κ2) is 7.35. The van der Waals surface area contributed by atoms with Gasteiger partial charge in [0.05, 0.1) is 24.2 Å². The smallest absolute Gasteiger partial charge is 0.228 e. The molecule has 0 aliphatic carbocycles. The molecular formula is C16H21N3OS2. The maximum Gasteiger partial charge on any atom is 0.228 e. The molecule has 4 nitrogen and oxygen atoms in total. The van der Waals surface area contributed by atoms with Gasteiger partial charge in [0, 0.05) is 16.3 Å². The van der Waals surface area contributed by atoms with Gasteiger partial charge in [-0.1, -0.05) is 6.07 Å². The van der Waals surface area contributed by atoms with Gasteiger partial charge in [-0.05, 0) is 43.8 Å². The first kappa shape index (κ1) is 15.6. The van der Waals surface area contributed by atoms with Crippen LogP contribution in [0.25, 0.3) is 0 Å². The van der Waals surface area contributed by atoms with Gasteiger partial charge in [-0.2, -0.15) is 0 Å². The van der Waals surface area contributed by atoms with Crippen molar-refractivity contribution in [2.75, 3.05) is 19.6 Å². The molecule has 0 unspecified atom stereocenters. The summed E-state index contributed by atoms with van der Waals surface area (Å²) in [6.45, 7) is 5.64. The third kappa shape index (κ3) is 3.94. The lowest BCUT2D eigenvalue weighted by molar-refractivity contribution is -0.131. The first-order chi connectivity index (χ1) is 10.7. The van der Waals surface area contributed by atoms with E-state index in [-0.39, 0.29) is 5.91 Å². The Kier molecular flexibility index (Phi) is 5.23. The van der Waals surface area contributed by atoms with Crippen molar-refractivity contribution in [3.05, 3.63) is 38.5 Å². The Bertz CT molecular complexity index is 603. The van der Waals surface area contributed by atoms with E-state index in [4.69, 9.17) is 0 Å². The summed E-state index contributed by atoms with van der Waals surface area (Å²) >= 11 is 3.30. The molecule has 118 valence electrons. The van der Waals surface area contributed by atoms with Gasteiger partial charge in [0.25, 0.3) is 0 Å². The van der Waals surface area contributed by atoms with Gasteiger partial charge >= 0.3 is 0 Å². The molecule has 1 amide bonds. The number of aromatic nitrogens is 1. The van der Waals surface area contributed by atoms with Crippen LogP contribution in [0.1, 0.15) is 21.9 Å². The minimum Gasteiger partial charge on any atom is -0.337 e. The number of thiophene rings is 1. The van der Waals surface area contributed by atoms with E-state index in [0.717, 1.165) is 36.6 Å². The van der Waals surface area contributed by atoms with Gasteiger partial charge in [0.1, 0.15) is 0 Å². The molecule has 22 heavy (non-hydrogen) atoms. The van der Waals surface area contributed by atoms with Gasteiger partial charge in [-0.25, -0.2) is 4.98 Å². The number of amides is 1. The van der Waals surface area contributed by atoms with Crippen molar-refractivity contribution < 1.29 is 4.79 Å². The molecular weight excluding hydrogens is 314 g/mol. The van der Waals surface area contributed by atoms with Gasteiger partial charge in [0.2, 0.25) is 5.91 Å². The Balaban J connectivity index is 1.69. The lowest BCUT2D eigenvalue weighted by Crippen LogP contribution is -2.36. The molecule has 1 aliphatic rings. The van der Waals surface area contributed by atoms with Crippen LogP contribution in [0.5, 0.6) is 0 Å². The van der Waals surface area contributed by atoms with Gasteiger partial charge in [-0.3, -0.25) is 4.79 Å². The number of carbonyl (C=O) groups is 1. The SMILES string of the molecule is Cc1ncsc1CN(C[C@H]1CCNC1)C(=O)Cc1cccs1. The van der Waals surface area contributed by atoms with Crippen LogP contribution in [0, 0.1) is 12.8 Å². The standard InChI is InChI=1S/C16H21N3OS2/c1-12-15(22-11-18-12)10-19(9-13-4-5-17-8-13)16(20)7-14-3-2-6-21-14/h2-3,6,11,13,17H,4-5,7-10H2,1H3/t13-/m0/s1. The minimum atomic E-state index is 0.224. The fourth-order valence-corrected chi connectivity index (χ4v) is 4.25. The van der Waals surface area contributed by atoms with Gasteiger partial charge in [-0.15, -0.1) is 22.7 Å². The first-order valence-corrected chi connectivity index (χ1v) is 9.38. The Hall–Kier alpha value is -1.24. The van der Waals surface area contributed by atoms with Crippen molar-refractivity contribution in [3.63, 3.8) is 0 Å². The molecule has 2 aromatic rings. The summed E-state index contributed by atoms with van der Waals surface area (Å²) in [5.41, 5.74) is 2.91. The third-order valence-electron chi connectivity index (χ3n) is 4.08. The summed E-state index contributed by atoms with van der Waals surface area (Å²) in [5.74, 6) is 0.794. The largest absolute Gasteiger partial charge is 0.337 e. The van der Waals surface area contributed by atoms with Crippen LogP contribution in [0.15, 0.2) is 23.0 Å². The molecule has 6 heteroatoms. The molecule has 0 aromatic carbocycles. The summed E-state index contributed by atoms with van der Waals surface area (Å²) in [5, 5.41) is 5.42. The molecule has 2 aromatic heterocycles. The zero-order chi connectivity index (χ0) is 15.4. The van der Waals surface area contributed by atoms with Crippen LogP contribution >= 0.6 is 22.7 Å². The van der Waals surface area contributed by atoms with E-state index in [9.17, 15) is 4.79 Å². The molecule has 3 heterocycles. The summed E-state index contributed by atoms with van der Waals surface area (Å²) in [4.78, 5) is 21.4. The summed E-state index contributed by atoms with van der Waals surface area (Å²) in [6, 6.07) is 4.04. The number of aryl methyl sites for hydroxylation is 1. The number of carbonyl (C=O) groups excluding carboxylic acids is 1. The van der Waals surface area contributed by atoms with Gasteiger partial charge < -0.3 is 10.2 Å². The Labute approximate surface area is 139 Å². The topological polar surface area (TPSA) is 45.2 Å². The van der Waals surface area contributed by atoms with Crippen molar-refractivity contribution in [3.8, 4) is 0 Å². The average molecular weight is 335 g/mol. The molecule has 1 aliphatic heterocycles. The fraction of sp³-hybridized carbons (Fsp3) is 0.500. The highest BCUT2D eigenvalue weighted by atomic mass is 32.1. The maximum atomic E-state index is 12.7. The zero-order valence-corrected chi connectivity index (χ0v) is 14.4. The van der Waals surface area contributed by atoms with E-state index < -0.39 is 0 Å².